The lowest BCUT2D eigenvalue weighted by molar-refractivity contribution is 0.709. The van der Waals surface area contributed by atoms with Crippen molar-refractivity contribution in [1.82, 2.24) is 5.32 Å². The zero-order chi connectivity index (χ0) is 12.4. The van der Waals surface area contributed by atoms with Gasteiger partial charge in [-0.1, -0.05) is 6.92 Å². The second-order valence-electron chi connectivity index (χ2n) is 3.99. The van der Waals surface area contributed by atoms with Gasteiger partial charge in [0, 0.05) is 9.75 Å². The van der Waals surface area contributed by atoms with Crippen LogP contribution in [-0.2, 0) is 6.42 Å². The summed E-state index contributed by atoms with van der Waals surface area (Å²) < 4.78 is 1.24. The van der Waals surface area contributed by atoms with E-state index in [1.807, 2.05) is 29.7 Å². The Bertz CT molecular complexity index is 482. The first kappa shape index (κ1) is 13.3. The molecule has 0 spiro atoms. The first-order valence-corrected chi connectivity index (χ1v) is 8.15. The average molecular weight is 330 g/mol. The fourth-order valence-corrected chi connectivity index (χ4v) is 4.81. The molecule has 0 aromatic carbocycles. The van der Waals surface area contributed by atoms with E-state index < -0.39 is 0 Å². The summed E-state index contributed by atoms with van der Waals surface area (Å²) in [5.41, 5.74) is 2.77. The van der Waals surface area contributed by atoms with Gasteiger partial charge >= 0.3 is 0 Å². The summed E-state index contributed by atoms with van der Waals surface area (Å²) in [7, 11) is 2.03. The number of hydrogen-bond donors (Lipinski definition) is 1. The van der Waals surface area contributed by atoms with Crippen LogP contribution in [0.2, 0.25) is 0 Å². The fourth-order valence-electron chi connectivity index (χ4n) is 1.92. The third-order valence-corrected chi connectivity index (χ3v) is 6.10. The van der Waals surface area contributed by atoms with Crippen LogP contribution in [0.3, 0.4) is 0 Å². The van der Waals surface area contributed by atoms with Gasteiger partial charge in [0.05, 0.1) is 9.83 Å². The normalized spacial score (nSPS) is 12.9. The van der Waals surface area contributed by atoms with Gasteiger partial charge in [0.1, 0.15) is 0 Å². The molecule has 17 heavy (non-hydrogen) atoms. The van der Waals surface area contributed by atoms with Crippen LogP contribution >= 0.6 is 38.6 Å². The Balaban J connectivity index is 2.40. The molecule has 1 N–H and O–H groups in total. The zero-order valence-corrected chi connectivity index (χ0v) is 13.4. The van der Waals surface area contributed by atoms with Gasteiger partial charge in [0.2, 0.25) is 0 Å². The van der Waals surface area contributed by atoms with Gasteiger partial charge in [0.15, 0.2) is 0 Å². The molecule has 0 radical (unpaired) electrons. The zero-order valence-electron chi connectivity index (χ0n) is 10.2. The minimum atomic E-state index is 0.333. The van der Waals surface area contributed by atoms with E-state index in [0.29, 0.717) is 6.04 Å². The van der Waals surface area contributed by atoms with Gasteiger partial charge in [-0.05, 0) is 65.0 Å². The maximum absolute atomic E-state index is 3.61. The average Bonchev–Trinajstić information content (AvgIpc) is 2.89. The van der Waals surface area contributed by atoms with Crippen molar-refractivity contribution < 1.29 is 0 Å². The monoisotopic (exact) mass is 329 g/mol. The van der Waals surface area contributed by atoms with E-state index in [1.54, 1.807) is 0 Å². The summed E-state index contributed by atoms with van der Waals surface area (Å²) in [6.45, 7) is 4.36. The molecule has 0 amide bonds. The lowest BCUT2D eigenvalue weighted by Crippen LogP contribution is -2.16. The first-order valence-electron chi connectivity index (χ1n) is 5.66. The molecule has 0 fully saturated rings. The first-order chi connectivity index (χ1) is 8.17. The van der Waals surface area contributed by atoms with Crippen LogP contribution in [0.1, 0.15) is 33.8 Å². The van der Waals surface area contributed by atoms with E-state index >= 15 is 0 Å². The van der Waals surface area contributed by atoms with Gasteiger partial charge in [-0.3, -0.25) is 0 Å². The minimum absolute atomic E-state index is 0.333. The van der Waals surface area contributed by atoms with E-state index in [4.69, 9.17) is 0 Å². The molecule has 2 heterocycles. The van der Waals surface area contributed by atoms with Gasteiger partial charge in [-0.15, -0.1) is 22.7 Å². The topological polar surface area (TPSA) is 12.0 Å². The fraction of sp³-hybridized carbons (Fsp3) is 0.385. The molecule has 1 nitrogen and oxygen atoms in total. The Labute approximate surface area is 119 Å². The van der Waals surface area contributed by atoms with Crippen LogP contribution in [0.5, 0.6) is 0 Å². The second kappa shape index (κ2) is 5.65. The molecule has 4 heteroatoms. The highest BCUT2D eigenvalue weighted by Gasteiger charge is 2.19. The van der Waals surface area contributed by atoms with E-state index in [2.05, 4.69) is 52.6 Å². The van der Waals surface area contributed by atoms with Gasteiger partial charge < -0.3 is 5.32 Å². The molecule has 0 bridgehead atoms. The molecule has 1 atom stereocenters. The highest BCUT2D eigenvalue weighted by molar-refractivity contribution is 9.11. The maximum atomic E-state index is 3.61. The highest BCUT2D eigenvalue weighted by atomic mass is 79.9. The van der Waals surface area contributed by atoms with Gasteiger partial charge in [-0.2, -0.15) is 0 Å². The summed E-state index contributed by atoms with van der Waals surface area (Å²) in [6.07, 6.45) is 1.10. The largest absolute Gasteiger partial charge is 0.308 e. The summed E-state index contributed by atoms with van der Waals surface area (Å²) >= 11 is 7.28. The molecule has 0 aliphatic rings. The van der Waals surface area contributed by atoms with E-state index in [1.165, 1.54) is 24.7 Å². The number of aryl methyl sites for hydroxylation is 2. The molecular weight excluding hydrogens is 314 g/mol. The summed E-state index contributed by atoms with van der Waals surface area (Å²) in [5, 5.41) is 5.62. The third-order valence-electron chi connectivity index (χ3n) is 2.87. The Morgan fingerprint density at radius 3 is 2.76 bits per heavy atom. The number of hydrogen-bond acceptors (Lipinski definition) is 3. The van der Waals surface area contributed by atoms with Crippen LogP contribution in [-0.4, -0.2) is 7.05 Å². The number of nitrogens with one attached hydrogen (secondary N) is 1. The second-order valence-corrected chi connectivity index (χ2v) is 7.34. The molecule has 92 valence electrons. The summed E-state index contributed by atoms with van der Waals surface area (Å²) in [6, 6.07) is 4.84. The molecular formula is C13H16BrNS2. The molecule has 2 aromatic rings. The highest BCUT2D eigenvalue weighted by Crippen LogP contribution is 2.37. The Kier molecular flexibility index (Phi) is 4.42. The quantitative estimate of drug-likeness (QED) is 0.853. The van der Waals surface area contributed by atoms with Crippen molar-refractivity contribution in [1.29, 1.82) is 0 Å². The van der Waals surface area contributed by atoms with Crippen LogP contribution < -0.4 is 5.32 Å². The van der Waals surface area contributed by atoms with Crippen molar-refractivity contribution in [2.45, 2.75) is 26.3 Å². The molecule has 2 rings (SSSR count). The van der Waals surface area contributed by atoms with E-state index in [9.17, 15) is 0 Å². The Morgan fingerprint density at radius 1 is 1.47 bits per heavy atom. The number of rotatable bonds is 4. The summed E-state index contributed by atoms with van der Waals surface area (Å²) in [5.74, 6) is 0. The summed E-state index contributed by atoms with van der Waals surface area (Å²) in [4.78, 5) is 2.83. The SMILES string of the molecule is CCc1ccsc1C(NC)c1cc(C)c(Br)s1. The molecule has 2 aromatic heterocycles. The van der Waals surface area contributed by atoms with Crippen molar-refractivity contribution in [3.63, 3.8) is 0 Å². The predicted octanol–water partition coefficient (Wildman–Crippen LogP) is 4.75. The van der Waals surface area contributed by atoms with Crippen LogP contribution in [0.15, 0.2) is 21.3 Å². The van der Waals surface area contributed by atoms with Crippen molar-refractivity contribution in [3.8, 4) is 0 Å². The number of halogens is 1. The van der Waals surface area contributed by atoms with Crippen molar-refractivity contribution >= 4 is 38.6 Å². The molecule has 0 saturated heterocycles. The Morgan fingerprint density at radius 2 is 2.24 bits per heavy atom. The molecule has 0 aliphatic heterocycles. The smallest absolute Gasteiger partial charge is 0.0765 e. The lowest BCUT2D eigenvalue weighted by Gasteiger charge is -2.14. The minimum Gasteiger partial charge on any atom is -0.308 e. The predicted molar refractivity (Wildman–Crippen MR) is 81.4 cm³/mol. The van der Waals surface area contributed by atoms with Gasteiger partial charge in [-0.25, -0.2) is 0 Å². The van der Waals surface area contributed by atoms with E-state index in [-0.39, 0.29) is 0 Å². The van der Waals surface area contributed by atoms with Crippen molar-refractivity contribution in [2.24, 2.45) is 0 Å². The van der Waals surface area contributed by atoms with Crippen LogP contribution in [0.25, 0.3) is 0 Å². The van der Waals surface area contributed by atoms with E-state index in [0.717, 1.165) is 6.42 Å². The third kappa shape index (κ3) is 2.65. The van der Waals surface area contributed by atoms with Gasteiger partial charge in [0.25, 0.3) is 0 Å². The molecule has 0 saturated carbocycles. The van der Waals surface area contributed by atoms with Crippen molar-refractivity contribution in [3.05, 3.63) is 42.2 Å². The Hall–Kier alpha value is -0.160. The van der Waals surface area contributed by atoms with Crippen LogP contribution in [0.4, 0.5) is 0 Å². The molecule has 0 aliphatic carbocycles. The van der Waals surface area contributed by atoms with Crippen LogP contribution in [0, 0.1) is 6.92 Å². The standard InChI is InChI=1S/C13H16BrNS2/c1-4-9-5-6-16-12(9)11(15-3)10-7-8(2)13(14)17-10/h5-7,11,15H,4H2,1-3H3. The van der Waals surface area contributed by atoms with Crippen molar-refractivity contribution in [2.75, 3.05) is 7.05 Å². The number of thiophene rings is 2. The lowest BCUT2D eigenvalue weighted by atomic mass is 10.1. The molecule has 1 unspecified atom stereocenters. The maximum Gasteiger partial charge on any atom is 0.0765 e.